The molecule has 0 saturated carbocycles. The fraction of sp³-hybridized carbons (Fsp3) is 0.0323. The highest BCUT2D eigenvalue weighted by Gasteiger charge is 2.21. The number of nitrogens with zero attached hydrogens (tertiary/aromatic N) is 3. The van der Waals surface area contributed by atoms with E-state index in [1.807, 2.05) is 37.3 Å². The molecule has 0 fully saturated rings. The Bertz CT molecular complexity index is 1840. The van der Waals surface area contributed by atoms with Crippen LogP contribution in [-0.4, -0.2) is 9.55 Å². The van der Waals surface area contributed by atoms with Gasteiger partial charge in [0.2, 0.25) is 0 Å². The lowest BCUT2D eigenvalue weighted by molar-refractivity contribution is 0.603. The minimum Gasteiger partial charge on any atom is -0.456 e. The molecule has 0 bridgehead atoms. The van der Waals surface area contributed by atoms with Gasteiger partial charge in [-0.05, 0) is 43.3 Å². The normalized spacial score (nSPS) is 11.5. The highest BCUT2D eigenvalue weighted by molar-refractivity contribution is 6.23. The van der Waals surface area contributed by atoms with Crippen molar-refractivity contribution in [2.24, 2.45) is 0 Å². The molecule has 0 aliphatic rings. The van der Waals surface area contributed by atoms with E-state index in [4.69, 9.17) is 4.42 Å². The third-order valence-electron chi connectivity index (χ3n) is 6.45. The van der Waals surface area contributed by atoms with E-state index in [0.717, 1.165) is 60.9 Å². The number of hydrogen-bond donors (Lipinski definition) is 0. The molecule has 0 radical (unpaired) electrons. The lowest BCUT2D eigenvalue weighted by atomic mass is 10.0. The van der Waals surface area contributed by atoms with Crippen LogP contribution in [0.2, 0.25) is 0 Å². The summed E-state index contributed by atoms with van der Waals surface area (Å²) in [6.45, 7) is 5.97. The molecule has 0 atom stereocenters. The molecule has 3 aromatic carbocycles. The number of hydrogen-bond acceptors (Lipinski definition) is 3. The van der Waals surface area contributed by atoms with Crippen molar-refractivity contribution in [3.05, 3.63) is 109 Å². The molecule has 4 nitrogen and oxygen atoms in total. The summed E-state index contributed by atoms with van der Waals surface area (Å²) in [7, 11) is 0. The largest absolute Gasteiger partial charge is 0.456 e. The van der Waals surface area contributed by atoms with E-state index in [1.54, 1.807) is 24.5 Å². The molecule has 166 valence electrons. The van der Waals surface area contributed by atoms with Crippen molar-refractivity contribution in [3.63, 3.8) is 0 Å². The van der Waals surface area contributed by atoms with Crippen LogP contribution in [0.25, 0.3) is 61.7 Å². The summed E-state index contributed by atoms with van der Waals surface area (Å²) in [6, 6.07) is 24.8. The molecule has 0 N–H and O–H groups in total. The third-order valence-corrected chi connectivity index (χ3v) is 6.45. The summed E-state index contributed by atoms with van der Waals surface area (Å²) >= 11 is 0. The molecule has 6 aromatic rings. The van der Waals surface area contributed by atoms with Gasteiger partial charge in [-0.1, -0.05) is 55.1 Å². The van der Waals surface area contributed by atoms with Crippen LogP contribution < -0.4 is 0 Å². The number of nitriles is 1. The molecule has 6 rings (SSSR count). The SMILES string of the molecule is C=Cc1oc2ccc3c(c4ccccc4n3-c3ccccc3-c3cnccc3C#N)c2c1/C=C\C. The van der Waals surface area contributed by atoms with Gasteiger partial charge in [0.1, 0.15) is 11.3 Å². The average Bonchev–Trinajstić information content (AvgIpc) is 3.44. The highest BCUT2D eigenvalue weighted by atomic mass is 16.3. The maximum absolute atomic E-state index is 9.76. The Morgan fingerprint density at radius 2 is 1.77 bits per heavy atom. The van der Waals surface area contributed by atoms with Crippen LogP contribution in [0, 0.1) is 11.3 Å². The zero-order valence-corrected chi connectivity index (χ0v) is 19.2. The van der Waals surface area contributed by atoms with Crippen molar-refractivity contribution < 1.29 is 4.42 Å². The molecule has 4 heteroatoms. The van der Waals surface area contributed by atoms with E-state index in [0.29, 0.717) is 5.56 Å². The summed E-state index contributed by atoms with van der Waals surface area (Å²) < 4.78 is 8.44. The predicted molar refractivity (Wildman–Crippen MR) is 143 cm³/mol. The Labute approximate surface area is 202 Å². The molecule has 35 heavy (non-hydrogen) atoms. The Morgan fingerprint density at radius 1 is 0.943 bits per heavy atom. The number of furan rings is 1. The van der Waals surface area contributed by atoms with Crippen molar-refractivity contribution in [3.8, 4) is 22.9 Å². The summed E-state index contributed by atoms with van der Waals surface area (Å²) in [5.41, 5.74) is 7.35. The minimum atomic E-state index is 0.594. The van der Waals surface area contributed by atoms with E-state index < -0.39 is 0 Å². The maximum Gasteiger partial charge on any atom is 0.136 e. The maximum atomic E-state index is 9.76. The summed E-state index contributed by atoms with van der Waals surface area (Å²) in [5.74, 6) is 0.761. The molecule has 0 spiro atoms. The van der Waals surface area contributed by atoms with Crippen LogP contribution in [0.5, 0.6) is 0 Å². The second-order valence-electron chi connectivity index (χ2n) is 8.32. The minimum absolute atomic E-state index is 0.594. The summed E-state index contributed by atoms with van der Waals surface area (Å²) in [6.07, 6.45) is 9.29. The predicted octanol–water partition coefficient (Wildman–Crippen LogP) is 8.14. The Hall–Kier alpha value is -4.88. The van der Waals surface area contributed by atoms with E-state index in [9.17, 15) is 5.26 Å². The van der Waals surface area contributed by atoms with Gasteiger partial charge in [-0.25, -0.2) is 0 Å². The number of para-hydroxylation sites is 2. The Morgan fingerprint density at radius 3 is 2.60 bits per heavy atom. The fourth-order valence-electron chi connectivity index (χ4n) is 5.04. The molecule has 3 aromatic heterocycles. The van der Waals surface area contributed by atoms with Crippen LogP contribution in [0.1, 0.15) is 23.8 Å². The van der Waals surface area contributed by atoms with Crippen LogP contribution in [-0.2, 0) is 0 Å². The van der Waals surface area contributed by atoms with Gasteiger partial charge in [0.25, 0.3) is 0 Å². The van der Waals surface area contributed by atoms with Crippen molar-refractivity contribution in [2.75, 3.05) is 0 Å². The lowest BCUT2D eigenvalue weighted by Gasteiger charge is -2.14. The first-order valence-corrected chi connectivity index (χ1v) is 11.4. The number of aromatic nitrogens is 2. The van der Waals surface area contributed by atoms with Crippen molar-refractivity contribution in [1.82, 2.24) is 9.55 Å². The first-order valence-electron chi connectivity index (χ1n) is 11.4. The number of pyridine rings is 1. The molecular weight excluding hydrogens is 430 g/mol. The van der Waals surface area contributed by atoms with Gasteiger partial charge in [-0.3, -0.25) is 4.98 Å². The van der Waals surface area contributed by atoms with Gasteiger partial charge in [0.15, 0.2) is 0 Å². The second-order valence-corrected chi connectivity index (χ2v) is 8.32. The van der Waals surface area contributed by atoms with E-state index in [2.05, 4.69) is 64.7 Å². The van der Waals surface area contributed by atoms with E-state index in [-0.39, 0.29) is 0 Å². The average molecular weight is 452 g/mol. The first-order chi connectivity index (χ1) is 17.3. The molecule has 0 aliphatic heterocycles. The molecule has 3 heterocycles. The first kappa shape index (κ1) is 20.7. The zero-order valence-electron chi connectivity index (χ0n) is 19.2. The van der Waals surface area contributed by atoms with E-state index >= 15 is 0 Å². The fourth-order valence-corrected chi connectivity index (χ4v) is 5.04. The molecule has 0 amide bonds. The summed E-state index contributed by atoms with van der Waals surface area (Å²) in [5, 5.41) is 13.1. The van der Waals surface area contributed by atoms with Crippen molar-refractivity contribution in [1.29, 1.82) is 5.26 Å². The summed E-state index contributed by atoms with van der Waals surface area (Å²) in [4.78, 5) is 4.31. The van der Waals surface area contributed by atoms with Gasteiger partial charge in [0.05, 0.1) is 28.4 Å². The standard InChI is InChI=1S/C31H21N3O/c1-3-9-23-28(4-2)35-29-15-14-27-30(31(23)29)22-11-6-8-13-26(22)34(27)25-12-7-5-10-21(25)24-19-33-17-16-20(24)18-32/h3-17,19H,2H2,1H3/b9-3-. The number of fused-ring (bicyclic) bond motifs is 5. The van der Waals surface area contributed by atoms with Gasteiger partial charge < -0.3 is 8.98 Å². The smallest absolute Gasteiger partial charge is 0.136 e. The molecule has 0 unspecified atom stereocenters. The Balaban J connectivity index is 1.80. The third kappa shape index (κ3) is 3.03. The number of allylic oxidation sites excluding steroid dienone is 1. The van der Waals surface area contributed by atoms with Crippen LogP contribution in [0.3, 0.4) is 0 Å². The van der Waals surface area contributed by atoms with Crippen molar-refractivity contribution in [2.45, 2.75) is 6.92 Å². The highest BCUT2D eigenvalue weighted by Crippen LogP contribution is 2.42. The van der Waals surface area contributed by atoms with Gasteiger partial charge in [-0.15, -0.1) is 0 Å². The lowest BCUT2D eigenvalue weighted by Crippen LogP contribution is -1.98. The number of rotatable bonds is 4. The van der Waals surface area contributed by atoms with Crippen LogP contribution in [0.15, 0.2) is 96.2 Å². The van der Waals surface area contributed by atoms with Crippen LogP contribution >= 0.6 is 0 Å². The second kappa shape index (κ2) is 8.16. The topological polar surface area (TPSA) is 54.8 Å². The molecule has 0 aliphatic carbocycles. The van der Waals surface area contributed by atoms with Crippen LogP contribution in [0.4, 0.5) is 0 Å². The Kier molecular flexibility index (Phi) is 4.83. The molecule has 0 saturated heterocycles. The van der Waals surface area contributed by atoms with Crippen molar-refractivity contribution >= 4 is 44.9 Å². The van der Waals surface area contributed by atoms with Gasteiger partial charge in [0, 0.05) is 45.2 Å². The molecular formula is C31H21N3O. The van der Waals surface area contributed by atoms with Gasteiger partial charge in [-0.2, -0.15) is 5.26 Å². The van der Waals surface area contributed by atoms with Gasteiger partial charge >= 0.3 is 0 Å². The number of benzene rings is 3. The monoisotopic (exact) mass is 451 g/mol. The quantitative estimate of drug-likeness (QED) is 0.272. The van der Waals surface area contributed by atoms with E-state index in [1.165, 1.54) is 0 Å². The zero-order chi connectivity index (χ0) is 23.9.